The van der Waals surface area contributed by atoms with Gasteiger partial charge in [-0.1, -0.05) is 196 Å². The molecule has 11 aromatic rings. The van der Waals surface area contributed by atoms with Crippen molar-refractivity contribution in [2.24, 2.45) is 0 Å². The first-order valence-corrected chi connectivity index (χ1v) is 21.8. The molecule has 0 unspecified atom stereocenters. The first-order chi connectivity index (χ1) is 31.0. The molecular formula is C61H43NO. The van der Waals surface area contributed by atoms with Gasteiger partial charge in [0.2, 0.25) is 0 Å². The van der Waals surface area contributed by atoms with Crippen LogP contribution < -0.4 is 4.90 Å². The molecule has 1 heterocycles. The molecule has 0 N–H and O–H groups in total. The van der Waals surface area contributed by atoms with Gasteiger partial charge < -0.3 is 9.32 Å². The molecule has 298 valence electrons. The molecule has 2 nitrogen and oxygen atoms in total. The highest BCUT2D eigenvalue weighted by atomic mass is 16.3. The summed E-state index contributed by atoms with van der Waals surface area (Å²) in [5, 5.41) is 4.67. The van der Waals surface area contributed by atoms with E-state index in [-0.39, 0.29) is 5.41 Å². The normalized spacial score (nSPS) is 12.7. The third-order valence-corrected chi connectivity index (χ3v) is 13.3. The van der Waals surface area contributed by atoms with Crippen LogP contribution in [0, 0.1) is 0 Å². The van der Waals surface area contributed by atoms with Crippen molar-refractivity contribution in [3.63, 3.8) is 0 Å². The first-order valence-electron chi connectivity index (χ1n) is 21.8. The lowest BCUT2D eigenvalue weighted by Crippen LogP contribution is -2.17. The highest BCUT2D eigenvalue weighted by molar-refractivity contribution is 6.10. The van der Waals surface area contributed by atoms with Crippen molar-refractivity contribution in [2.45, 2.75) is 19.3 Å². The van der Waals surface area contributed by atoms with Crippen LogP contribution in [0.2, 0.25) is 0 Å². The van der Waals surface area contributed by atoms with Crippen molar-refractivity contribution in [1.82, 2.24) is 0 Å². The molecule has 0 aliphatic heterocycles. The molecule has 0 spiro atoms. The van der Waals surface area contributed by atoms with Crippen molar-refractivity contribution in [3.8, 4) is 55.6 Å². The zero-order valence-electron chi connectivity index (χ0n) is 35.2. The van der Waals surface area contributed by atoms with Gasteiger partial charge in [0.25, 0.3) is 0 Å². The fourth-order valence-corrected chi connectivity index (χ4v) is 10.1. The molecule has 0 bridgehead atoms. The van der Waals surface area contributed by atoms with E-state index in [4.69, 9.17) is 4.42 Å². The Morgan fingerprint density at radius 3 is 1.59 bits per heavy atom. The Labute approximate surface area is 368 Å². The smallest absolute Gasteiger partial charge is 0.143 e. The van der Waals surface area contributed by atoms with E-state index in [0.29, 0.717) is 0 Å². The molecule has 2 heteroatoms. The lowest BCUT2D eigenvalue weighted by molar-refractivity contribution is 0.660. The first kappa shape index (κ1) is 36.9. The lowest BCUT2D eigenvalue weighted by Gasteiger charge is -2.29. The van der Waals surface area contributed by atoms with Crippen molar-refractivity contribution >= 4 is 49.8 Å². The number of benzene rings is 10. The zero-order chi connectivity index (χ0) is 42.1. The Kier molecular flexibility index (Phi) is 8.55. The lowest BCUT2D eigenvalue weighted by atomic mass is 9.81. The Bertz CT molecular complexity index is 3510. The summed E-state index contributed by atoms with van der Waals surface area (Å²) >= 11 is 0. The number of hydrogen-bond acceptors (Lipinski definition) is 2. The summed E-state index contributed by atoms with van der Waals surface area (Å²) in [6, 6.07) is 81.6. The number of nitrogens with zero attached hydrogens (tertiary/aromatic N) is 1. The second-order valence-corrected chi connectivity index (χ2v) is 17.3. The van der Waals surface area contributed by atoms with E-state index in [0.717, 1.165) is 50.1 Å². The monoisotopic (exact) mass is 805 g/mol. The number of hydrogen-bond donors (Lipinski definition) is 0. The maximum absolute atomic E-state index is 6.49. The van der Waals surface area contributed by atoms with Gasteiger partial charge in [0.05, 0.1) is 5.69 Å². The van der Waals surface area contributed by atoms with Gasteiger partial charge >= 0.3 is 0 Å². The molecule has 1 aliphatic carbocycles. The average molecular weight is 806 g/mol. The largest absolute Gasteiger partial charge is 0.455 e. The zero-order valence-corrected chi connectivity index (χ0v) is 35.2. The van der Waals surface area contributed by atoms with Crippen LogP contribution in [0.4, 0.5) is 17.1 Å². The van der Waals surface area contributed by atoms with E-state index in [1.807, 2.05) is 12.1 Å². The Morgan fingerprint density at radius 1 is 0.333 bits per heavy atom. The Balaban J connectivity index is 1.00. The fraction of sp³-hybridized carbons (Fsp3) is 0.0492. The molecule has 0 radical (unpaired) electrons. The van der Waals surface area contributed by atoms with Gasteiger partial charge in [-0.15, -0.1) is 0 Å². The van der Waals surface area contributed by atoms with Crippen LogP contribution in [-0.4, -0.2) is 0 Å². The van der Waals surface area contributed by atoms with Crippen LogP contribution in [0.1, 0.15) is 25.0 Å². The van der Waals surface area contributed by atoms with Crippen LogP contribution in [0.3, 0.4) is 0 Å². The summed E-state index contributed by atoms with van der Waals surface area (Å²) in [5.74, 6) is 0. The standard InChI is InChI=1S/C61H43NO/c1-61(2)56-38-45(41-16-7-4-8-17-41)30-34-51(56)52-35-33-47(39-57(52)61)62(46-31-28-44(29-32-46)49-21-13-22-55-54-20-11-12-23-59(54)63-60(49)55)58-37-36-48(50-18-9-10-19-53(50)58)43-26-24-42(25-27-43)40-14-5-3-6-15-40/h3-39H,1-2H3. The van der Waals surface area contributed by atoms with E-state index >= 15 is 0 Å². The van der Waals surface area contributed by atoms with Crippen molar-refractivity contribution in [1.29, 1.82) is 0 Å². The van der Waals surface area contributed by atoms with Crippen molar-refractivity contribution in [3.05, 3.63) is 236 Å². The summed E-state index contributed by atoms with van der Waals surface area (Å²) in [7, 11) is 0. The minimum atomic E-state index is -0.204. The minimum absolute atomic E-state index is 0.204. The van der Waals surface area contributed by atoms with E-state index in [1.165, 1.54) is 66.4 Å². The van der Waals surface area contributed by atoms with E-state index in [2.05, 4.69) is 231 Å². The summed E-state index contributed by atoms with van der Waals surface area (Å²) in [5.41, 5.74) is 19.8. The molecule has 0 saturated heterocycles. The molecule has 63 heavy (non-hydrogen) atoms. The molecule has 0 fully saturated rings. The molecule has 1 aromatic heterocycles. The van der Waals surface area contributed by atoms with Gasteiger partial charge in [-0.05, 0) is 109 Å². The molecule has 12 rings (SSSR count). The predicted octanol–water partition coefficient (Wildman–Crippen LogP) is 17.2. The number of furan rings is 1. The van der Waals surface area contributed by atoms with Gasteiger partial charge in [0.15, 0.2) is 0 Å². The summed E-state index contributed by atoms with van der Waals surface area (Å²) in [4.78, 5) is 2.45. The molecule has 10 aromatic carbocycles. The minimum Gasteiger partial charge on any atom is -0.455 e. The number of rotatable bonds is 7. The van der Waals surface area contributed by atoms with Gasteiger partial charge in [-0.2, -0.15) is 0 Å². The number of para-hydroxylation sites is 2. The molecule has 0 atom stereocenters. The van der Waals surface area contributed by atoms with Gasteiger partial charge in [0.1, 0.15) is 11.2 Å². The second kappa shape index (κ2) is 14.6. The van der Waals surface area contributed by atoms with E-state index in [9.17, 15) is 0 Å². The summed E-state index contributed by atoms with van der Waals surface area (Å²) < 4.78 is 6.49. The van der Waals surface area contributed by atoms with E-state index < -0.39 is 0 Å². The van der Waals surface area contributed by atoms with Crippen LogP contribution >= 0.6 is 0 Å². The summed E-state index contributed by atoms with van der Waals surface area (Å²) in [6.07, 6.45) is 0. The van der Waals surface area contributed by atoms with Gasteiger partial charge in [-0.3, -0.25) is 0 Å². The topological polar surface area (TPSA) is 16.4 Å². The van der Waals surface area contributed by atoms with E-state index in [1.54, 1.807) is 0 Å². The second-order valence-electron chi connectivity index (χ2n) is 17.3. The SMILES string of the molecule is CC1(C)c2cc(-c3ccccc3)ccc2-c2ccc(N(c3ccc(-c4cccc5c4oc4ccccc45)cc3)c3ccc(-c4ccc(-c5ccccc5)cc4)c4ccccc34)cc21. The molecular weight excluding hydrogens is 763 g/mol. The highest BCUT2D eigenvalue weighted by Crippen LogP contribution is 2.52. The van der Waals surface area contributed by atoms with Crippen LogP contribution in [0.25, 0.3) is 88.3 Å². The predicted molar refractivity (Wildman–Crippen MR) is 265 cm³/mol. The molecule has 1 aliphatic rings. The highest BCUT2D eigenvalue weighted by Gasteiger charge is 2.36. The third kappa shape index (κ3) is 6.09. The van der Waals surface area contributed by atoms with Crippen LogP contribution in [0.15, 0.2) is 229 Å². The van der Waals surface area contributed by atoms with Gasteiger partial charge in [-0.25, -0.2) is 0 Å². The summed E-state index contributed by atoms with van der Waals surface area (Å²) in [6.45, 7) is 4.75. The van der Waals surface area contributed by atoms with Gasteiger partial charge in [0, 0.05) is 38.5 Å². The molecule has 0 saturated carbocycles. The van der Waals surface area contributed by atoms with Crippen molar-refractivity contribution < 1.29 is 4.42 Å². The average Bonchev–Trinajstić information content (AvgIpc) is 3.84. The Morgan fingerprint density at radius 2 is 0.841 bits per heavy atom. The quantitative estimate of drug-likeness (QED) is 0.160. The Hall–Kier alpha value is -7.94. The van der Waals surface area contributed by atoms with Crippen LogP contribution in [-0.2, 0) is 5.41 Å². The maximum Gasteiger partial charge on any atom is 0.143 e. The maximum atomic E-state index is 6.49. The van der Waals surface area contributed by atoms with Crippen molar-refractivity contribution in [2.75, 3.05) is 4.90 Å². The third-order valence-electron chi connectivity index (χ3n) is 13.3. The number of fused-ring (bicyclic) bond motifs is 7. The number of anilines is 3. The fourth-order valence-electron chi connectivity index (χ4n) is 10.1. The molecule has 0 amide bonds. The van der Waals surface area contributed by atoms with Crippen LogP contribution in [0.5, 0.6) is 0 Å².